The number of halogens is 2. The third kappa shape index (κ3) is 3.00. The number of pyridine rings is 1. The van der Waals surface area contributed by atoms with E-state index in [0.29, 0.717) is 15.9 Å². The quantitative estimate of drug-likeness (QED) is 0.856. The fraction of sp³-hybridized carbons (Fsp3) is 0.545. The lowest BCUT2D eigenvalue weighted by molar-refractivity contribution is 0.202. The molecule has 0 amide bonds. The predicted octanol–water partition coefficient (Wildman–Crippen LogP) is 3.35. The van der Waals surface area contributed by atoms with Gasteiger partial charge in [0.15, 0.2) is 0 Å². The van der Waals surface area contributed by atoms with Crippen molar-refractivity contribution in [3.8, 4) is 0 Å². The first-order valence-corrected chi connectivity index (χ1v) is 6.02. The molecule has 16 heavy (non-hydrogen) atoms. The summed E-state index contributed by atoms with van der Waals surface area (Å²) in [5.74, 6) is 0.559. The number of aliphatic hydroxyl groups is 1. The minimum Gasteiger partial charge on any atom is -0.394 e. The molecule has 3 nitrogen and oxygen atoms in total. The molecule has 0 aliphatic rings. The van der Waals surface area contributed by atoms with Crippen molar-refractivity contribution in [2.45, 2.75) is 32.2 Å². The molecule has 0 spiro atoms. The number of aliphatic hydroxyl groups excluding tert-OH is 1. The Bertz CT molecular complexity index is 346. The Balaban J connectivity index is 2.93. The van der Waals surface area contributed by atoms with E-state index in [2.05, 4.69) is 10.3 Å². The Hall–Kier alpha value is -0.510. The molecule has 0 aromatic carbocycles. The van der Waals surface area contributed by atoms with Gasteiger partial charge in [0, 0.05) is 6.20 Å². The van der Waals surface area contributed by atoms with Crippen molar-refractivity contribution in [2.75, 3.05) is 11.9 Å². The van der Waals surface area contributed by atoms with Crippen LogP contribution in [0, 0.1) is 0 Å². The van der Waals surface area contributed by atoms with Gasteiger partial charge in [0.25, 0.3) is 0 Å². The second kappa shape index (κ2) is 5.71. The highest BCUT2D eigenvalue weighted by molar-refractivity contribution is 6.35. The van der Waals surface area contributed by atoms with Crippen LogP contribution >= 0.6 is 23.2 Å². The van der Waals surface area contributed by atoms with E-state index < -0.39 is 0 Å². The fourth-order valence-electron chi connectivity index (χ4n) is 1.45. The zero-order chi connectivity index (χ0) is 12.2. The highest BCUT2D eigenvalue weighted by atomic mass is 35.5. The van der Waals surface area contributed by atoms with Crippen molar-refractivity contribution in [3.05, 3.63) is 22.3 Å². The topological polar surface area (TPSA) is 45.1 Å². The van der Waals surface area contributed by atoms with E-state index in [4.69, 9.17) is 23.2 Å². The summed E-state index contributed by atoms with van der Waals surface area (Å²) in [6.07, 6.45) is 3.12. The van der Waals surface area contributed by atoms with E-state index in [0.717, 1.165) is 12.8 Å². The molecule has 1 rings (SSSR count). The molecule has 0 aliphatic carbocycles. The SMILES string of the molecule is CCC(CC)(CO)Nc1ncc(Cl)cc1Cl. The van der Waals surface area contributed by atoms with E-state index in [1.165, 1.54) is 6.20 Å². The molecule has 0 saturated heterocycles. The van der Waals surface area contributed by atoms with Gasteiger partial charge in [0.05, 0.1) is 22.2 Å². The lowest BCUT2D eigenvalue weighted by Crippen LogP contribution is -2.41. The summed E-state index contributed by atoms with van der Waals surface area (Å²) in [6.45, 7) is 4.06. The largest absolute Gasteiger partial charge is 0.394 e. The van der Waals surface area contributed by atoms with Gasteiger partial charge in [0.1, 0.15) is 5.82 Å². The standard InChI is InChI=1S/C11H16Cl2N2O/c1-3-11(4-2,7-16)15-10-9(13)5-8(12)6-14-10/h5-6,16H,3-4,7H2,1-2H3,(H,14,15). The second-order valence-corrected chi connectivity index (χ2v) is 4.60. The second-order valence-electron chi connectivity index (χ2n) is 3.75. The van der Waals surface area contributed by atoms with Crippen LogP contribution in [0.1, 0.15) is 26.7 Å². The van der Waals surface area contributed by atoms with Gasteiger partial charge in [0.2, 0.25) is 0 Å². The Morgan fingerprint density at radius 2 is 2.00 bits per heavy atom. The summed E-state index contributed by atoms with van der Waals surface area (Å²) in [5.41, 5.74) is -0.371. The number of nitrogens with zero attached hydrogens (tertiary/aromatic N) is 1. The lowest BCUT2D eigenvalue weighted by atomic mass is 9.94. The summed E-state index contributed by atoms with van der Waals surface area (Å²) < 4.78 is 0. The summed E-state index contributed by atoms with van der Waals surface area (Å²) in [6, 6.07) is 1.63. The van der Waals surface area contributed by atoms with Gasteiger partial charge < -0.3 is 10.4 Å². The van der Waals surface area contributed by atoms with Crippen LogP contribution in [0.3, 0.4) is 0 Å². The zero-order valence-corrected chi connectivity index (χ0v) is 10.9. The minimum atomic E-state index is -0.371. The van der Waals surface area contributed by atoms with Crippen molar-refractivity contribution < 1.29 is 5.11 Å². The molecule has 0 unspecified atom stereocenters. The fourth-order valence-corrected chi connectivity index (χ4v) is 1.87. The predicted molar refractivity (Wildman–Crippen MR) is 68.3 cm³/mol. The Labute approximate surface area is 106 Å². The van der Waals surface area contributed by atoms with Gasteiger partial charge >= 0.3 is 0 Å². The first kappa shape index (κ1) is 13.6. The Morgan fingerprint density at radius 3 is 2.44 bits per heavy atom. The maximum absolute atomic E-state index is 9.42. The van der Waals surface area contributed by atoms with Gasteiger partial charge in [-0.1, -0.05) is 37.0 Å². The minimum absolute atomic E-state index is 0.0423. The van der Waals surface area contributed by atoms with Gasteiger partial charge in [-0.2, -0.15) is 0 Å². The number of hydrogen-bond donors (Lipinski definition) is 2. The van der Waals surface area contributed by atoms with E-state index >= 15 is 0 Å². The molecule has 0 fully saturated rings. The van der Waals surface area contributed by atoms with Gasteiger partial charge in [-0.15, -0.1) is 0 Å². The van der Waals surface area contributed by atoms with Crippen molar-refractivity contribution in [3.63, 3.8) is 0 Å². The van der Waals surface area contributed by atoms with Crippen LogP contribution < -0.4 is 5.32 Å². The molecular weight excluding hydrogens is 247 g/mol. The molecule has 1 aromatic rings. The van der Waals surface area contributed by atoms with E-state index in [-0.39, 0.29) is 12.1 Å². The average Bonchev–Trinajstić information content (AvgIpc) is 2.29. The van der Waals surface area contributed by atoms with Crippen molar-refractivity contribution in [1.82, 2.24) is 4.98 Å². The maximum Gasteiger partial charge on any atom is 0.145 e. The molecule has 0 bridgehead atoms. The van der Waals surface area contributed by atoms with Gasteiger partial charge in [-0.05, 0) is 18.9 Å². The lowest BCUT2D eigenvalue weighted by Gasteiger charge is -2.31. The monoisotopic (exact) mass is 262 g/mol. The van der Waals surface area contributed by atoms with E-state index in [1.54, 1.807) is 6.07 Å². The number of rotatable bonds is 5. The van der Waals surface area contributed by atoms with Crippen LogP contribution in [0.15, 0.2) is 12.3 Å². The number of aromatic nitrogens is 1. The molecule has 1 aromatic heterocycles. The molecular formula is C11H16Cl2N2O. The van der Waals surface area contributed by atoms with Crippen LogP contribution in [0.4, 0.5) is 5.82 Å². The molecule has 0 atom stereocenters. The Morgan fingerprint density at radius 1 is 1.38 bits per heavy atom. The van der Waals surface area contributed by atoms with E-state index in [1.807, 2.05) is 13.8 Å². The van der Waals surface area contributed by atoms with Crippen LogP contribution in [-0.4, -0.2) is 22.2 Å². The summed E-state index contributed by atoms with van der Waals surface area (Å²) in [4.78, 5) is 4.12. The molecule has 0 aliphatic heterocycles. The highest BCUT2D eigenvalue weighted by Crippen LogP contribution is 2.27. The van der Waals surface area contributed by atoms with Crippen LogP contribution in [-0.2, 0) is 0 Å². The van der Waals surface area contributed by atoms with Crippen molar-refractivity contribution in [2.24, 2.45) is 0 Å². The summed E-state index contributed by atoms with van der Waals surface area (Å²) >= 11 is 11.8. The average molecular weight is 263 g/mol. The molecule has 0 saturated carbocycles. The first-order valence-electron chi connectivity index (χ1n) is 5.27. The number of nitrogens with one attached hydrogen (secondary N) is 1. The van der Waals surface area contributed by atoms with Crippen LogP contribution in [0.2, 0.25) is 10.0 Å². The summed E-state index contributed by atoms with van der Waals surface area (Å²) in [5, 5.41) is 13.6. The molecule has 0 radical (unpaired) electrons. The maximum atomic E-state index is 9.42. The third-order valence-electron chi connectivity index (χ3n) is 2.85. The first-order chi connectivity index (χ1) is 7.56. The molecule has 5 heteroatoms. The van der Waals surface area contributed by atoms with Gasteiger partial charge in [-0.25, -0.2) is 4.98 Å². The van der Waals surface area contributed by atoms with Crippen LogP contribution in [0.25, 0.3) is 0 Å². The molecule has 1 heterocycles. The third-order valence-corrected chi connectivity index (χ3v) is 3.34. The molecule has 90 valence electrons. The van der Waals surface area contributed by atoms with Crippen LogP contribution in [0.5, 0.6) is 0 Å². The molecule has 2 N–H and O–H groups in total. The van der Waals surface area contributed by atoms with Crippen molar-refractivity contribution >= 4 is 29.0 Å². The zero-order valence-electron chi connectivity index (χ0n) is 9.43. The van der Waals surface area contributed by atoms with Gasteiger partial charge in [-0.3, -0.25) is 0 Å². The number of anilines is 1. The normalized spacial score (nSPS) is 11.6. The summed E-state index contributed by atoms with van der Waals surface area (Å²) in [7, 11) is 0. The van der Waals surface area contributed by atoms with Crippen molar-refractivity contribution in [1.29, 1.82) is 0 Å². The number of hydrogen-bond acceptors (Lipinski definition) is 3. The Kier molecular flexibility index (Phi) is 4.84. The smallest absolute Gasteiger partial charge is 0.145 e. The highest BCUT2D eigenvalue weighted by Gasteiger charge is 2.26. The van der Waals surface area contributed by atoms with E-state index in [9.17, 15) is 5.11 Å².